The molecular formula is C25H57N3O3. The molecule has 0 saturated heterocycles. The Morgan fingerprint density at radius 1 is 1.06 bits per heavy atom. The molecule has 0 radical (unpaired) electrons. The van der Waals surface area contributed by atoms with Gasteiger partial charge < -0.3 is 27.0 Å². The quantitative estimate of drug-likeness (QED) is 0.331. The van der Waals surface area contributed by atoms with Crippen LogP contribution >= 0.6 is 0 Å². The highest BCUT2D eigenvalue weighted by atomic mass is 16.5. The standard InChI is InChI=1S/C14H27NO2.C5H13NO.C4H11N.C2H6/c1-7-8-11(2)12(16)14(5,6)17-10-13(3,4)9-15;1-5(4-7)2-3-6;1-2-3-4-5;1-2/h7-8,11H,9-10,15H2,1-6H3;5,7H,2-4,6H2,1H3;2-5H2,1H3;1-2H3. The second kappa shape index (κ2) is 23.9. The average Bonchev–Trinajstić information content (AvgIpc) is 2.75. The van der Waals surface area contributed by atoms with Crippen molar-refractivity contribution in [3.05, 3.63) is 12.2 Å². The molecule has 0 heterocycles. The number of hydrogen-bond donors (Lipinski definition) is 4. The van der Waals surface area contributed by atoms with Crippen LogP contribution in [0.25, 0.3) is 0 Å². The minimum absolute atomic E-state index is 0.0958. The number of allylic oxidation sites excluding steroid dienone is 2. The molecule has 6 nitrogen and oxygen atoms in total. The van der Waals surface area contributed by atoms with E-state index < -0.39 is 5.60 Å². The first-order chi connectivity index (χ1) is 14.4. The third-order valence-corrected chi connectivity index (χ3v) is 4.39. The first-order valence-electron chi connectivity index (χ1n) is 11.9. The molecule has 2 unspecified atom stereocenters. The van der Waals surface area contributed by atoms with E-state index in [0.29, 0.717) is 25.6 Å². The van der Waals surface area contributed by atoms with Gasteiger partial charge in [0.25, 0.3) is 0 Å². The highest BCUT2D eigenvalue weighted by Crippen LogP contribution is 2.22. The maximum atomic E-state index is 12.2. The minimum Gasteiger partial charge on any atom is -0.396 e. The van der Waals surface area contributed by atoms with E-state index in [1.165, 1.54) is 12.8 Å². The molecule has 0 amide bonds. The van der Waals surface area contributed by atoms with E-state index >= 15 is 0 Å². The molecule has 7 N–H and O–H groups in total. The van der Waals surface area contributed by atoms with E-state index in [2.05, 4.69) is 6.92 Å². The lowest BCUT2D eigenvalue weighted by Gasteiger charge is -2.31. The second-order valence-corrected chi connectivity index (χ2v) is 8.85. The zero-order valence-electron chi connectivity index (χ0n) is 22.5. The molecule has 0 aromatic rings. The molecule has 0 aliphatic carbocycles. The van der Waals surface area contributed by atoms with Gasteiger partial charge in [0.2, 0.25) is 0 Å². The number of nitrogens with two attached hydrogens (primary N) is 3. The van der Waals surface area contributed by atoms with E-state index in [0.717, 1.165) is 13.0 Å². The SMILES string of the molecule is CC.CC(CO)CCN.CC=CC(C)C(=O)C(C)(C)OCC(C)(C)CN.CCCCN. The summed E-state index contributed by atoms with van der Waals surface area (Å²) in [5.41, 5.74) is 15.1. The number of ketones is 1. The van der Waals surface area contributed by atoms with Gasteiger partial charge in [0.1, 0.15) is 5.60 Å². The van der Waals surface area contributed by atoms with Crippen molar-refractivity contribution in [1.82, 2.24) is 0 Å². The third kappa shape index (κ3) is 25.3. The summed E-state index contributed by atoms with van der Waals surface area (Å²) in [6, 6.07) is 0. The normalized spacial score (nSPS) is 13.1. The molecule has 6 heteroatoms. The topological polar surface area (TPSA) is 125 Å². The van der Waals surface area contributed by atoms with Crippen molar-refractivity contribution in [1.29, 1.82) is 0 Å². The molecule has 0 spiro atoms. The van der Waals surface area contributed by atoms with E-state index in [1.54, 1.807) is 0 Å². The van der Waals surface area contributed by atoms with E-state index in [9.17, 15) is 4.79 Å². The zero-order chi connectivity index (χ0) is 25.5. The Balaban J connectivity index is -0.000000213. The number of hydrogen-bond acceptors (Lipinski definition) is 6. The van der Waals surface area contributed by atoms with Crippen LogP contribution in [0.3, 0.4) is 0 Å². The number of carbonyl (C=O) groups is 1. The van der Waals surface area contributed by atoms with Gasteiger partial charge in [-0.2, -0.15) is 0 Å². The number of aliphatic hydroxyl groups excluding tert-OH is 1. The van der Waals surface area contributed by atoms with Gasteiger partial charge in [0.05, 0.1) is 6.61 Å². The molecule has 0 aromatic carbocycles. The van der Waals surface area contributed by atoms with Crippen LogP contribution in [-0.4, -0.2) is 49.3 Å². The molecule has 0 aliphatic rings. The molecular weight excluding hydrogens is 390 g/mol. The molecule has 0 aliphatic heterocycles. The number of rotatable bonds is 12. The summed E-state index contributed by atoms with van der Waals surface area (Å²) < 4.78 is 5.75. The van der Waals surface area contributed by atoms with E-state index in [4.69, 9.17) is 27.0 Å². The Labute approximate surface area is 194 Å². The van der Waals surface area contributed by atoms with Crippen molar-refractivity contribution in [2.45, 2.75) is 94.1 Å². The lowest BCUT2D eigenvalue weighted by molar-refractivity contribution is -0.146. The fourth-order valence-corrected chi connectivity index (χ4v) is 2.01. The third-order valence-electron chi connectivity index (χ3n) is 4.39. The van der Waals surface area contributed by atoms with E-state index in [1.807, 2.05) is 74.5 Å². The monoisotopic (exact) mass is 447 g/mol. The number of aliphatic hydroxyl groups is 1. The molecule has 0 saturated carbocycles. The Morgan fingerprint density at radius 2 is 1.58 bits per heavy atom. The summed E-state index contributed by atoms with van der Waals surface area (Å²) in [4.78, 5) is 12.2. The lowest BCUT2D eigenvalue weighted by Crippen LogP contribution is -2.42. The Morgan fingerprint density at radius 3 is 1.84 bits per heavy atom. The smallest absolute Gasteiger partial charge is 0.170 e. The molecule has 0 bridgehead atoms. The van der Waals surface area contributed by atoms with Crippen molar-refractivity contribution in [2.75, 3.05) is 32.8 Å². The number of ether oxygens (including phenoxy) is 1. The van der Waals surface area contributed by atoms with E-state index in [-0.39, 0.29) is 23.7 Å². The van der Waals surface area contributed by atoms with Gasteiger partial charge in [-0.3, -0.25) is 4.79 Å². The maximum absolute atomic E-state index is 12.2. The highest BCUT2D eigenvalue weighted by Gasteiger charge is 2.33. The van der Waals surface area contributed by atoms with Crippen LogP contribution in [0, 0.1) is 17.3 Å². The van der Waals surface area contributed by atoms with Gasteiger partial charge in [-0.25, -0.2) is 0 Å². The molecule has 0 aromatic heterocycles. The molecule has 31 heavy (non-hydrogen) atoms. The molecule has 190 valence electrons. The Kier molecular flexibility index (Phi) is 28.9. The van der Waals surface area contributed by atoms with Crippen LogP contribution in [0.5, 0.6) is 0 Å². The van der Waals surface area contributed by atoms with Gasteiger partial charge in [0.15, 0.2) is 5.78 Å². The number of carbonyl (C=O) groups excluding carboxylic acids is 1. The summed E-state index contributed by atoms with van der Waals surface area (Å²) in [5, 5.41) is 8.41. The number of Topliss-reactive ketones (excluding diaryl/α,β-unsaturated/α-hetero) is 1. The van der Waals surface area contributed by atoms with Crippen molar-refractivity contribution >= 4 is 5.78 Å². The van der Waals surface area contributed by atoms with Crippen molar-refractivity contribution in [3.8, 4) is 0 Å². The summed E-state index contributed by atoms with van der Waals surface area (Å²) in [7, 11) is 0. The summed E-state index contributed by atoms with van der Waals surface area (Å²) in [6.45, 7) is 22.4. The molecule has 0 rings (SSSR count). The van der Waals surface area contributed by atoms with Crippen LogP contribution in [-0.2, 0) is 9.53 Å². The van der Waals surface area contributed by atoms with Crippen LogP contribution in [0.1, 0.15) is 88.5 Å². The van der Waals surface area contributed by atoms with Gasteiger partial charge in [0, 0.05) is 17.9 Å². The average molecular weight is 448 g/mol. The van der Waals surface area contributed by atoms with Crippen LogP contribution in [0.15, 0.2) is 12.2 Å². The van der Waals surface area contributed by atoms with Crippen LogP contribution < -0.4 is 17.2 Å². The summed E-state index contributed by atoms with van der Waals surface area (Å²) in [5.74, 6) is 0.365. The molecule has 2 atom stereocenters. The Bertz CT molecular complexity index is 409. The van der Waals surface area contributed by atoms with Gasteiger partial charge >= 0.3 is 0 Å². The molecule has 0 fully saturated rings. The Hall–Kier alpha value is -0.790. The van der Waals surface area contributed by atoms with Gasteiger partial charge in [-0.05, 0) is 59.2 Å². The number of unbranched alkanes of at least 4 members (excludes halogenated alkanes) is 1. The fraction of sp³-hybridized carbons (Fsp3) is 0.880. The van der Waals surface area contributed by atoms with Crippen molar-refractivity contribution < 1.29 is 14.6 Å². The minimum atomic E-state index is -0.759. The summed E-state index contributed by atoms with van der Waals surface area (Å²) >= 11 is 0. The highest BCUT2D eigenvalue weighted by molar-refractivity contribution is 5.89. The predicted molar refractivity (Wildman–Crippen MR) is 137 cm³/mol. The first-order valence-corrected chi connectivity index (χ1v) is 11.9. The second-order valence-electron chi connectivity index (χ2n) is 8.85. The van der Waals surface area contributed by atoms with Gasteiger partial charge in [-0.15, -0.1) is 0 Å². The summed E-state index contributed by atoms with van der Waals surface area (Å²) in [6.07, 6.45) is 7.09. The largest absolute Gasteiger partial charge is 0.396 e. The first kappa shape index (κ1) is 37.5. The van der Waals surface area contributed by atoms with Crippen molar-refractivity contribution in [2.24, 2.45) is 34.5 Å². The zero-order valence-corrected chi connectivity index (χ0v) is 22.5. The lowest BCUT2D eigenvalue weighted by atomic mass is 9.91. The van der Waals surface area contributed by atoms with Crippen LogP contribution in [0.4, 0.5) is 0 Å². The fourth-order valence-electron chi connectivity index (χ4n) is 2.01. The maximum Gasteiger partial charge on any atom is 0.170 e. The van der Waals surface area contributed by atoms with Gasteiger partial charge in [-0.1, -0.05) is 67.0 Å². The van der Waals surface area contributed by atoms with Crippen molar-refractivity contribution in [3.63, 3.8) is 0 Å². The predicted octanol–water partition coefficient (Wildman–Crippen LogP) is 4.28. The van der Waals surface area contributed by atoms with Crippen LogP contribution in [0.2, 0.25) is 0 Å².